The first-order valence-corrected chi connectivity index (χ1v) is 8.02. The highest BCUT2D eigenvalue weighted by Crippen LogP contribution is 2.07. The molecule has 2 aromatic rings. The van der Waals surface area contributed by atoms with E-state index in [0.717, 1.165) is 19.5 Å². The Kier molecular flexibility index (Phi) is 4.90. The molecule has 7 nitrogen and oxygen atoms in total. The van der Waals surface area contributed by atoms with E-state index in [2.05, 4.69) is 21.7 Å². The van der Waals surface area contributed by atoms with Crippen molar-refractivity contribution < 1.29 is 4.79 Å². The van der Waals surface area contributed by atoms with Crippen LogP contribution in [0.15, 0.2) is 45.5 Å². The fraction of sp³-hybridized carbons (Fsp3) is 0.353. The molecule has 0 spiro atoms. The van der Waals surface area contributed by atoms with Gasteiger partial charge >= 0.3 is 5.69 Å². The predicted octanol–water partition coefficient (Wildman–Crippen LogP) is 0.116. The molecule has 1 aliphatic rings. The van der Waals surface area contributed by atoms with E-state index in [0.29, 0.717) is 17.4 Å². The minimum atomic E-state index is -0.493. The average molecular weight is 328 g/mol. The van der Waals surface area contributed by atoms with Gasteiger partial charge in [0.2, 0.25) is 5.91 Å². The molecule has 0 fully saturated rings. The highest BCUT2D eigenvalue weighted by atomic mass is 16.2. The summed E-state index contributed by atoms with van der Waals surface area (Å²) in [5, 5.41) is 6.54. The number of aromatic nitrogens is 2. The second-order valence-corrected chi connectivity index (χ2v) is 5.77. The van der Waals surface area contributed by atoms with E-state index in [9.17, 15) is 14.4 Å². The Morgan fingerprint density at radius 1 is 1.25 bits per heavy atom. The van der Waals surface area contributed by atoms with Crippen LogP contribution in [0.1, 0.15) is 12.8 Å². The molecule has 0 unspecified atom stereocenters. The molecule has 3 rings (SSSR count). The van der Waals surface area contributed by atoms with Crippen LogP contribution in [0.2, 0.25) is 0 Å². The monoisotopic (exact) mass is 328 g/mol. The molecule has 0 radical (unpaired) electrons. The maximum atomic E-state index is 12.0. The third kappa shape index (κ3) is 3.62. The number of aryl methyl sites for hydroxylation is 1. The molecule has 0 saturated heterocycles. The number of hydrogen-bond donors (Lipinski definition) is 3. The number of hydrogen-bond acceptors (Lipinski definition) is 4. The van der Waals surface area contributed by atoms with E-state index in [-0.39, 0.29) is 18.9 Å². The first-order valence-electron chi connectivity index (χ1n) is 8.02. The summed E-state index contributed by atoms with van der Waals surface area (Å²) in [5.41, 5.74) is 0.857. The number of para-hydroxylation sites is 1. The fourth-order valence-corrected chi connectivity index (χ4v) is 2.81. The lowest BCUT2D eigenvalue weighted by Gasteiger charge is -2.15. The number of rotatable bonds is 5. The van der Waals surface area contributed by atoms with Crippen LogP contribution in [-0.4, -0.2) is 35.1 Å². The molecule has 1 amide bonds. The maximum absolute atomic E-state index is 12.0. The van der Waals surface area contributed by atoms with Gasteiger partial charge in [0.05, 0.1) is 10.9 Å². The van der Waals surface area contributed by atoms with Crippen LogP contribution in [0.4, 0.5) is 0 Å². The van der Waals surface area contributed by atoms with E-state index in [1.54, 1.807) is 24.3 Å². The van der Waals surface area contributed by atoms with E-state index in [1.165, 1.54) is 10.1 Å². The number of H-pyrrole nitrogens is 1. The first-order chi connectivity index (χ1) is 11.6. The number of nitrogens with zero attached hydrogens (tertiary/aromatic N) is 1. The minimum absolute atomic E-state index is 0.114. The Hall–Kier alpha value is -2.67. The van der Waals surface area contributed by atoms with Crippen molar-refractivity contribution >= 4 is 16.8 Å². The largest absolute Gasteiger partial charge is 0.352 e. The predicted molar refractivity (Wildman–Crippen MR) is 92.0 cm³/mol. The zero-order chi connectivity index (χ0) is 16.9. The molecule has 2 heterocycles. The summed E-state index contributed by atoms with van der Waals surface area (Å²) in [6, 6.07) is 6.88. The van der Waals surface area contributed by atoms with Gasteiger partial charge in [-0.3, -0.25) is 19.1 Å². The van der Waals surface area contributed by atoms with E-state index in [1.807, 2.05) is 0 Å². The third-order valence-electron chi connectivity index (χ3n) is 4.14. The van der Waals surface area contributed by atoms with Crippen LogP contribution in [0.25, 0.3) is 10.9 Å². The molecule has 3 N–H and O–H groups in total. The highest BCUT2D eigenvalue weighted by molar-refractivity contribution is 5.78. The number of fused-ring (bicyclic) bond motifs is 1. The molecule has 126 valence electrons. The summed E-state index contributed by atoms with van der Waals surface area (Å²) in [6.07, 6.45) is 3.20. The second-order valence-electron chi connectivity index (χ2n) is 5.77. The zero-order valence-electron chi connectivity index (χ0n) is 13.3. The van der Waals surface area contributed by atoms with E-state index >= 15 is 0 Å². The van der Waals surface area contributed by atoms with E-state index < -0.39 is 11.2 Å². The Labute approximate surface area is 138 Å². The molecular weight excluding hydrogens is 308 g/mol. The SMILES string of the molecule is O=C(CCn1c(=O)[nH]c(=O)c2ccccc21)NCC1=CCNCC1. The molecule has 24 heavy (non-hydrogen) atoms. The number of aromatic amines is 1. The van der Waals surface area contributed by atoms with Gasteiger partial charge in [-0.2, -0.15) is 0 Å². The third-order valence-corrected chi connectivity index (χ3v) is 4.14. The number of carbonyl (C=O) groups is 1. The van der Waals surface area contributed by atoms with Crippen molar-refractivity contribution in [3.8, 4) is 0 Å². The van der Waals surface area contributed by atoms with Crippen LogP contribution in [-0.2, 0) is 11.3 Å². The standard InChI is InChI=1S/C17H20N4O3/c22-15(19-11-12-5-8-18-9-6-12)7-10-21-14-4-2-1-3-13(14)16(23)20-17(21)24/h1-5,18H,6-11H2,(H,19,22)(H,20,23,24). The molecule has 7 heteroatoms. The summed E-state index contributed by atoms with van der Waals surface area (Å²) >= 11 is 0. The lowest BCUT2D eigenvalue weighted by Crippen LogP contribution is -2.33. The summed E-state index contributed by atoms with van der Waals surface area (Å²) in [7, 11) is 0. The Morgan fingerprint density at radius 2 is 2.08 bits per heavy atom. The summed E-state index contributed by atoms with van der Waals surface area (Å²) in [5.74, 6) is -0.114. The normalized spacial score (nSPS) is 14.4. The van der Waals surface area contributed by atoms with Crippen LogP contribution in [0, 0.1) is 0 Å². The highest BCUT2D eigenvalue weighted by Gasteiger charge is 2.10. The Morgan fingerprint density at radius 3 is 2.88 bits per heavy atom. The van der Waals surface area contributed by atoms with Gasteiger partial charge in [0.25, 0.3) is 5.56 Å². The van der Waals surface area contributed by atoms with E-state index in [4.69, 9.17) is 0 Å². The van der Waals surface area contributed by atoms with Crippen molar-refractivity contribution in [3.05, 3.63) is 56.8 Å². The van der Waals surface area contributed by atoms with Crippen LogP contribution >= 0.6 is 0 Å². The fourth-order valence-electron chi connectivity index (χ4n) is 2.81. The average Bonchev–Trinajstić information content (AvgIpc) is 2.60. The zero-order valence-corrected chi connectivity index (χ0v) is 13.3. The van der Waals surface area contributed by atoms with Crippen LogP contribution in [0.3, 0.4) is 0 Å². The van der Waals surface area contributed by atoms with Crippen molar-refractivity contribution in [1.82, 2.24) is 20.2 Å². The number of nitrogens with one attached hydrogen (secondary N) is 3. The van der Waals surface area contributed by atoms with Gasteiger partial charge in [0.1, 0.15) is 0 Å². The number of amides is 1. The number of carbonyl (C=O) groups excluding carboxylic acids is 1. The summed E-state index contributed by atoms with van der Waals surface area (Å²) < 4.78 is 1.43. The van der Waals surface area contributed by atoms with Gasteiger partial charge in [-0.15, -0.1) is 0 Å². The van der Waals surface area contributed by atoms with Crippen molar-refractivity contribution in [2.24, 2.45) is 0 Å². The lowest BCUT2D eigenvalue weighted by molar-refractivity contribution is -0.121. The Bertz CT molecular complexity index is 895. The van der Waals surface area contributed by atoms with Gasteiger partial charge < -0.3 is 10.6 Å². The molecule has 0 atom stereocenters. The van der Waals surface area contributed by atoms with Gasteiger partial charge in [-0.1, -0.05) is 23.8 Å². The lowest BCUT2D eigenvalue weighted by atomic mass is 10.1. The van der Waals surface area contributed by atoms with Crippen molar-refractivity contribution in [2.75, 3.05) is 19.6 Å². The smallest absolute Gasteiger partial charge is 0.328 e. The summed E-state index contributed by atoms with van der Waals surface area (Å²) in [6.45, 7) is 2.54. The van der Waals surface area contributed by atoms with Crippen LogP contribution in [0.5, 0.6) is 0 Å². The quantitative estimate of drug-likeness (QED) is 0.679. The van der Waals surface area contributed by atoms with Crippen molar-refractivity contribution in [2.45, 2.75) is 19.4 Å². The van der Waals surface area contributed by atoms with Crippen LogP contribution < -0.4 is 21.9 Å². The van der Waals surface area contributed by atoms with Gasteiger partial charge in [-0.25, -0.2) is 4.79 Å². The molecule has 0 aliphatic carbocycles. The molecule has 0 bridgehead atoms. The first kappa shape index (κ1) is 16.2. The van der Waals surface area contributed by atoms with Gasteiger partial charge in [0.15, 0.2) is 0 Å². The topological polar surface area (TPSA) is 96.0 Å². The molecule has 1 aromatic carbocycles. The second kappa shape index (κ2) is 7.27. The van der Waals surface area contributed by atoms with Gasteiger partial charge in [-0.05, 0) is 25.1 Å². The molecular formula is C17H20N4O3. The van der Waals surface area contributed by atoms with Crippen molar-refractivity contribution in [3.63, 3.8) is 0 Å². The summed E-state index contributed by atoms with van der Waals surface area (Å²) in [4.78, 5) is 38.2. The minimum Gasteiger partial charge on any atom is -0.352 e. The van der Waals surface area contributed by atoms with Gasteiger partial charge in [0, 0.05) is 26.1 Å². The molecule has 1 aromatic heterocycles. The Balaban J connectivity index is 1.67. The molecule has 1 aliphatic heterocycles. The van der Waals surface area contributed by atoms with Crippen molar-refractivity contribution in [1.29, 1.82) is 0 Å². The molecule has 0 saturated carbocycles. The number of benzene rings is 1. The maximum Gasteiger partial charge on any atom is 0.328 e.